The summed E-state index contributed by atoms with van der Waals surface area (Å²) in [5.74, 6) is 2.22. The van der Waals surface area contributed by atoms with Gasteiger partial charge in [-0.15, -0.1) is 0 Å². The van der Waals surface area contributed by atoms with Crippen molar-refractivity contribution in [3.05, 3.63) is 96.6 Å². The van der Waals surface area contributed by atoms with Gasteiger partial charge in [-0.3, -0.25) is 4.98 Å². The lowest BCUT2D eigenvalue weighted by molar-refractivity contribution is 0.402. The number of rotatable bonds is 7. The molecule has 8 heteroatoms. The molecule has 1 N–H and O–H groups in total. The quantitative estimate of drug-likeness (QED) is 0.366. The summed E-state index contributed by atoms with van der Waals surface area (Å²) in [6, 6.07) is 23.4. The molecule has 0 unspecified atom stereocenters. The maximum Gasteiger partial charge on any atom is 0.174 e. The summed E-state index contributed by atoms with van der Waals surface area (Å²) in [5, 5.41) is 4.09. The van der Waals surface area contributed by atoms with Gasteiger partial charge in [-0.05, 0) is 72.9 Å². The number of pyridine rings is 1. The standard InChI is InChI=1S/C27H26N4O3S/c1-32-19-11-9-18(10-12-19)30-16-6-8-22(30)26-25(21-7-4-5-15-28-21)29-27(35)31(26)23-17-20(33-2)13-14-24(23)34-3/h4-17,25-26H,1-3H3,(H,29,35)/t25-,26+/m0/s1. The summed E-state index contributed by atoms with van der Waals surface area (Å²) in [4.78, 5) is 6.74. The maximum absolute atomic E-state index is 5.90. The van der Waals surface area contributed by atoms with E-state index < -0.39 is 0 Å². The first-order valence-electron chi connectivity index (χ1n) is 11.2. The predicted molar refractivity (Wildman–Crippen MR) is 140 cm³/mol. The van der Waals surface area contributed by atoms with E-state index in [0.29, 0.717) is 16.6 Å². The molecule has 2 atom stereocenters. The van der Waals surface area contributed by atoms with Crippen LogP contribution >= 0.6 is 12.2 Å². The van der Waals surface area contributed by atoms with Crippen molar-refractivity contribution in [2.75, 3.05) is 26.2 Å². The monoisotopic (exact) mass is 486 g/mol. The number of nitrogens with one attached hydrogen (secondary N) is 1. The Morgan fingerprint density at radius 3 is 2.31 bits per heavy atom. The van der Waals surface area contributed by atoms with E-state index in [2.05, 4.69) is 32.0 Å². The van der Waals surface area contributed by atoms with Gasteiger partial charge >= 0.3 is 0 Å². The predicted octanol–water partition coefficient (Wildman–Crippen LogP) is 5.08. The highest BCUT2D eigenvalue weighted by Crippen LogP contribution is 2.46. The van der Waals surface area contributed by atoms with Crippen LogP contribution in [0.3, 0.4) is 0 Å². The van der Waals surface area contributed by atoms with Crippen molar-refractivity contribution in [3.8, 4) is 22.9 Å². The summed E-state index contributed by atoms with van der Waals surface area (Å²) >= 11 is 5.90. The zero-order valence-electron chi connectivity index (χ0n) is 19.7. The molecule has 2 aromatic heterocycles. The third-order valence-corrected chi connectivity index (χ3v) is 6.49. The molecule has 178 valence electrons. The average molecular weight is 487 g/mol. The Morgan fingerprint density at radius 1 is 0.857 bits per heavy atom. The van der Waals surface area contributed by atoms with Crippen LogP contribution in [0, 0.1) is 0 Å². The largest absolute Gasteiger partial charge is 0.497 e. The first-order valence-corrected chi connectivity index (χ1v) is 11.6. The Kier molecular flexibility index (Phi) is 6.29. The Balaban J connectivity index is 1.68. The Hall–Kier alpha value is -4.04. The number of benzene rings is 2. The highest BCUT2D eigenvalue weighted by Gasteiger charge is 2.43. The van der Waals surface area contributed by atoms with Gasteiger partial charge in [0.25, 0.3) is 0 Å². The first-order chi connectivity index (χ1) is 17.1. The van der Waals surface area contributed by atoms with Crippen LogP contribution in [0.5, 0.6) is 17.2 Å². The van der Waals surface area contributed by atoms with Crippen LogP contribution in [0.1, 0.15) is 23.5 Å². The molecule has 0 amide bonds. The summed E-state index contributed by atoms with van der Waals surface area (Å²) < 4.78 is 18.8. The van der Waals surface area contributed by atoms with E-state index in [1.54, 1.807) is 27.5 Å². The number of aromatic nitrogens is 2. The number of thiocarbonyl (C=S) groups is 1. The van der Waals surface area contributed by atoms with Gasteiger partial charge in [0.15, 0.2) is 5.11 Å². The number of ether oxygens (including phenoxy) is 3. The molecular weight excluding hydrogens is 460 g/mol. The highest BCUT2D eigenvalue weighted by molar-refractivity contribution is 7.80. The highest BCUT2D eigenvalue weighted by atomic mass is 32.1. The number of hydrogen-bond acceptors (Lipinski definition) is 5. The lowest BCUT2D eigenvalue weighted by Crippen LogP contribution is -2.30. The van der Waals surface area contributed by atoms with Crippen LogP contribution in [0.4, 0.5) is 5.69 Å². The van der Waals surface area contributed by atoms with Crippen molar-refractivity contribution in [1.82, 2.24) is 14.9 Å². The molecular formula is C27H26N4O3S. The topological polar surface area (TPSA) is 60.8 Å². The van der Waals surface area contributed by atoms with E-state index >= 15 is 0 Å². The van der Waals surface area contributed by atoms with Crippen molar-refractivity contribution in [1.29, 1.82) is 0 Å². The number of anilines is 1. The van der Waals surface area contributed by atoms with Crippen molar-refractivity contribution in [2.45, 2.75) is 12.1 Å². The second-order valence-corrected chi connectivity index (χ2v) is 8.42. The second kappa shape index (κ2) is 9.68. The van der Waals surface area contributed by atoms with Crippen molar-refractivity contribution in [2.24, 2.45) is 0 Å². The molecule has 0 spiro atoms. The number of nitrogens with zero attached hydrogens (tertiary/aromatic N) is 3. The van der Waals surface area contributed by atoms with Crippen LogP contribution < -0.4 is 24.4 Å². The molecule has 2 aromatic carbocycles. The molecule has 7 nitrogen and oxygen atoms in total. The van der Waals surface area contributed by atoms with Gasteiger partial charge in [0.05, 0.1) is 38.8 Å². The Labute approximate surface area is 209 Å². The van der Waals surface area contributed by atoms with Crippen LogP contribution in [-0.4, -0.2) is 36.0 Å². The normalized spacial score (nSPS) is 17.2. The van der Waals surface area contributed by atoms with E-state index in [1.165, 1.54) is 0 Å². The van der Waals surface area contributed by atoms with E-state index in [9.17, 15) is 0 Å². The van der Waals surface area contributed by atoms with Gasteiger partial charge < -0.3 is 29.0 Å². The van der Waals surface area contributed by atoms with Crippen molar-refractivity contribution >= 4 is 23.0 Å². The maximum atomic E-state index is 5.90. The fraction of sp³-hybridized carbons (Fsp3) is 0.185. The van der Waals surface area contributed by atoms with Crippen molar-refractivity contribution in [3.63, 3.8) is 0 Å². The minimum Gasteiger partial charge on any atom is -0.497 e. The lowest BCUT2D eigenvalue weighted by atomic mass is 10.0. The van der Waals surface area contributed by atoms with Crippen LogP contribution in [0.2, 0.25) is 0 Å². The molecule has 0 bridgehead atoms. The molecule has 1 aliphatic heterocycles. The summed E-state index contributed by atoms with van der Waals surface area (Å²) in [7, 11) is 4.97. The number of hydrogen-bond donors (Lipinski definition) is 1. The van der Waals surface area contributed by atoms with E-state index in [-0.39, 0.29) is 12.1 Å². The molecule has 1 fully saturated rings. The van der Waals surface area contributed by atoms with Gasteiger partial charge in [-0.25, -0.2) is 0 Å². The average Bonchev–Trinajstić information content (AvgIpc) is 3.53. The van der Waals surface area contributed by atoms with Gasteiger partial charge in [0.1, 0.15) is 23.3 Å². The zero-order valence-corrected chi connectivity index (χ0v) is 20.5. The Morgan fingerprint density at radius 2 is 1.63 bits per heavy atom. The van der Waals surface area contributed by atoms with Gasteiger partial charge in [0, 0.05) is 29.8 Å². The fourth-order valence-corrected chi connectivity index (χ4v) is 4.85. The fourth-order valence-electron chi connectivity index (χ4n) is 4.51. The van der Waals surface area contributed by atoms with Gasteiger partial charge in [-0.1, -0.05) is 6.07 Å². The Bertz CT molecular complexity index is 1320. The number of methoxy groups -OCH3 is 3. The van der Waals surface area contributed by atoms with Gasteiger partial charge in [-0.2, -0.15) is 0 Å². The molecule has 1 saturated heterocycles. The van der Waals surface area contributed by atoms with Crippen LogP contribution in [-0.2, 0) is 0 Å². The minimum absolute atomic E-state index is 0.188. The lowest BCUT2D eigenvalue weighted by Gasteiger charge is -2.30. The smallest absolute Gasteiger partial charge is 0.174 e. The zero-order chi connectivity index (χ0) is 24.4. The molecule has 5 rings (SSSR count). The second-order valence-electron chi connectivity index (χ2n) is 8.04. The van der Waals surface area contributed by atoms with E-state index in [0.717, 1.165) is 28.5 Å². The molecule has 3 heterocycles. The van der Waals surface area contributed by atoms with E-state index in [1.807, 2.05) is 66.7 Å². The molecule has 0 aliphatic carbocycles. The van der Waals surface area contributed by atoms with Gasteiger partial charge in [0.2, 0.25) is 0 Å². The minimum atomic E-state index is -0.212. The third kappa shape index (κ3) is 4.17. The SMILES string of the molecule is COc1ccc(-n2cccc2[C@@H]2[C@H](c3ccccn3)NC(=S)N2c2cc(OC)ccc2OC)cc1. The molecule has 4 aromatic rings. The summed E-state index contributed by atoms with van der Waals surface area (Å²) in [5.41, 5.74) is 3.77. The molecule has 0 radical (unpaired) electrons. The van der Waals surface area contributed by atoms with Crippen LogP contribution in [0.25, 0.3) is 5.69 Å². The first kappa shape index (κ1) is 22.7. The molecule has 0 saturated carbocycles. The summed E-state index contributed by atoms with van der Waals surface area (Å²) in [6.45, 7) is 0. The van der Waals surface area contributed by atoms with Crippen molar-refractivity contribution < 1.29 is 14.2 Å². The third-order valence-electron chi connectivity index (χ3n) is 6.18. The summed E-state index contributed by atoms with van der Waals surface area (Å²) in [6.07, 6.45) is 3.85. The van der Waals surface area contributed by atoms with Crippen LogP contribution in [0.15, 0.2) is 85.2 Å². The molecule has 35 heavy (non-hydrogen) atoms. The van der Waals surface area contributed by atoms with E-state index in [4.69, 9.17) is 26.4 Å². The molecule has 1 aliphatic rings.